The molecular formula is C11H16O3S. The predicted octanol–water partition coefficient (Wildman–Crippen LogP) is 2.35. The topological polar surface area (TPSA) is 46.5 Å². The maximum atomic E-state index is 11.2. The Morgan fingerprint density at radius 2 is 2.27 bits per heavy atom. The molecule has 0 spiro atoms. The Bertz CT molecular complexity index is 344. The number of thiophene rings is 1. The van der Waals surface area contributed by atoms with Gasteiger partial charge in [0.1, 0.15) is 0 Å². The van der Waals surface area contributed by atoms with Gasteiger partial charge in [0.25, 0.3) is 0 Å². The van der Waals surface area contributed by atoms with Gasteiger partial charge in [0.2, 0.25) is 0 Å². The first-order chi connectivity index (χ1) is 7.04. The minimum Gasteiger partial charge on any atom is -0.466 e. The highest BCUT2D eigenvalue weighted by Crippen LogP contribution is 2.28. The summed E-state index contributed by atoms with van der Waals surface area (Å²) in [5, 5.41) is 9.82. The van der Waals surface area contributed by atoms with Crippen molar-refractivity contribution >= 4 is 17.3 Å². The standard InChI is InChI=1S/C11H16O3S/c1-4-14-11(13)6-10(12)9-5-7(2)15-8(9)3/h5,10,12H,4,6H2,1-3H3. The third-order valence-corrected chi connectivity index (χ3v) is 3.09. The van der Waals surface area contributed by atoms with Crippen LogP contribution >= 0.6 is 11.3 Å². The molecule has 1 heterocycles. The van der Waals surface area contributed by atoms with Crippen LogP contribution in [-0.4, -0.2) is 17.7 Å². The van der Waals surface area contributed by atoms with Gasteiger partial charge in [-0.15, -0.1) is 11.3 Å². The van der Waals surface area contributed by atoms with Crippen molar-refractivity contribution in [2.75, 3.05) is 6.61 Å². The maximum absolute atomic E-state index is 11.2. The SMILES string of the molecule is CCOC(=O)CC(O)c1cc(C)sc1C. The van der Waals surface area contributed by atoms with Crippen LogP contribution in [0.5, 0.6) is 0 Å². The zero-order valence-electron chi connectivity index (χ0n) is 9.24. The number of hydrogen-bond donors (Lipinski definition) is 1. The van der Waals surface area contributed by atoms with E-state index in [2.05, 4.69) is 0 Å². The van der Waals surface area contributed by atoms with Gasteiger partial charge in [-0.05, 0) is 32.4 Å². The van der Waals surface area contributed by atoms with Crippen molar-refractivity contribution in [2.45, 2.75) is 33.3 Å². The lowest BCUT2D eigenvalue weighted by atomic mass is 10.1. The summed E-state index contributed by atoms with van der Waals surface area (Å²) < 4.78 is 4.79. The molecule has 4 heteroatoms. The van der Waals surface area contributed by atoms with Gasteiger partial charge in [0.05, 0.1) is 19.1 Å². The van der Waals surface area contributed by atoms with E-state index in [0.717, 1.165) is 15.3 Å². The Kier molecular flexibility index (Phi) is 4.29. The van der Waals surface area contributed by atoms with Gasteiger partial charge in [0, 0.05) is 9.75 Å². The molecule has 1 aromatic heterocycles. The van der Waals surface area contributed by atoms with Crippen LogP contribution in [-0.2, 0) is 9.53 Å². The quantitative estimate of drug-likeness (QED) is 0.805. The van der Waals surface area contributed by atoms with Crippen molar-refractivity contribution in [1.29, 1.82) is 0 Å². The number of aliphatic hydroxyl groups excluding tert-OH is 1. The van der Waals surface area contributed by atoms with E-state index in [1.807, 2.05) is 19.9 Å². The molecule has 1 N–H and O–H groups in total. The van der Waals surface area contributed by atoms with Crippen molar-refractivity contribution in [3.63, 3.8) is 0 Å². The molecule has 1 unspecified atom stereocenters. The first-order valence-electron chi connectivity index (χ1n) is 4.95. The van der Waals surface area contributed by atoms with Gasteiger partial charge < -0.3 is 9.84 Å². The Labute approximate surface area is 93.7 Å². The molecule has 0 saturated carbocycles. The van der Waals surface area contributed by atoms with Crippen molar-refractivity contribution in [3.8, 4) is 0 Å². The predicted molar refractivity (Wildman–Crippen MR) is 60.0 cm³/mol. The molecule has 0 aromatic carbocycles. The Balaban J connectivity index is 2.64. The second-order valence-corrected chi connectivity index (χ2v) is 4.85. The highest BCUT2D eigenvalue weighted by molar-refractivity contribution is 7.12. The van der Waals surface area contributed by atoms with E-state index in [-0.39, 0.29) is 12.4 Å². The lowest BCUT2D eigenvalue weighted by Gasteiger charge is -2.09. The molecule has 1 atom stereocenters. The Hall–Kier alpha value is -0.870. The lowest BCUT2D eigenvalue weighted by molar-refractivity contribution is -0.145. The summed E-state index contributed by atoms with van der Waals surface area (Å²) in [5.41, 5.74) is 0.838. The van der Waals surface area contributed by atoms with Gasteiger partial charge >= 0.3 is 5.97 Å². The van der Waals surface area contributed by atoms with Crippen LogP contribution in [0.15, 0.2) is 6.07 Å². The summed E-state index contributed by atoms with van der Waals surface area (Å²) in [5.74, 6) is -0.353. The molecule has 15 heavy (non-hydrogen) atoms. The van der Waals surface area contributed by atoms with Crippen LogP contribution in [0.25, 0.3) is 0 Å². The summed E-state index contributed by atoms with van der Waals surface area (Å²) in [6, 6.07) is 1.92. The van der Waals surface area contributed by atoms with E-state index in [9.17, 15) is 9.90 Å². The van der Waals surface area contributed by atoms with E-state index >= 15 is 0 Å². The van der Waals surface area contributed by atoms with E-state index < -0.39 is 6.10 Å². The van der Waals surface area contributed by atoms with Gasteiger partial charge in [0.15, 0.2) is 0 Å². The molecule has 0 aliphatic carbocycles. The highest BCUT2D eigenvalue weighted by atomic mass is 32.1. The van der Waals surface area contributed by atoms with Gasteiger partial charge in [-0.2, -0.15) is 0 Å². The van der Waals surface area contributed by atoms with Crippen molar-refractivity contribution < 1.29 is 14.6 Å². The monoisotopic (exact) mass is 228 g/mol. The fraction of sp³-hybridized carbons (Fsp3) is 0.545. The highest BCUT2D eigenvalue weighted by Gasteiger charge is 2.17. The van der Waals surface area contributed by atoms with Crippen LogP contribution in [0.3, 0.4) is 0 Å². The third-order valence-electron chi connectivity index (χ3n) is 2.10. The summed E-state index contributed by atoms with van der Waals surface area (Å²) in [7, 11) is 0. The molecule has 0 radical (unpaired) electrons. The summed E-state index contributed by atoms with van der Waals surface area (Å²) in [4.78, 5) is 13.4. The van der Waals surface area contributed by atoms with Crippen LogP contribution in [0.1, 0.15) is 34.8 Å². The maximum Gasteiger partial charge on any atom is 0.308 e. The van der Waals surface area contributed by atoms with Gasteiger partial charge in [-0.1, -0.05) is 0 Å². The van der Waals surface area contributed by atoms with Crippen LogP contribution in [0.2, 0.25) is 0 Å². The number of esters is 1. The zero-order valence-corrected chi connectivity index (χ0v) is 10.1. The molecule has 1 rings (SSSR count). The van der Waals surface area contributed by atoms with Crippen molar-refractivity contribution in [3.05, 3.63) is 21.4 Å². The second-order valence-electron chi connectivity index (χ2n) is 3.39. The van der Waals surface area contributed by atoms with Gasteiger partial charge in [-0.25, -0.2) is 0 Å². The van der Waals surface area contributed by atoms with E-state index in [1.165, 1.54) is 0 Å². The first-order valence-corrected chi connectivity index (χ1v) is 5.76. The molecule has 1 aromatic rings. The molecule has 0 bridgehead atoms. The fourth-order valence-corrected chi connectivity index (χ4v) is 2.45. The average Bonchev–Trinajstić information content (AvgIpc) is 2.45. The Morgan fingerprint density at radius 3 is 2.73 bits per heavy atom. The minimum absolute atomic E-state index is 0.0326. The summed E-state index contributed by atoms with van der Waals surface area (Å²) in [6.45, 7) is 6.04. The van der Waals surface area contributed by atoms with E-state index in [1.54, 1.807) is 18.3 Å². The smallest absolute Gasteiger partial charge is 0.308 e. The average molecular weight is 228 g/mol. The zero-order chi connectivity index (χ0) is 11.4. The number of carbonyl (C=O) groups is 1. The molecule has 0 amide bonds. The second kappa shape index (κ2) is 5.28. The molecular weight excluding hydrogens is 212 g/mol. The van der Waals surface area contributed by atoms with Gasteiger partial charge in [-0.3, -0.25) is 4.79 Å². The number of carbonyl (C=O) groups excluding carboxylic acids is 1. The fourth-order valence-electron chi connectivity index (χ4n) is 1.47. The molecule has 84 valence electrons. The first kappa shape index (κ1) is 12.2. The number of hydrogen-bond acceptors (Lipinski definition) is 4. The lowest BCUT2D eigenvalue weighted by Crippen LogP contribution is -2.10. The number of ether oxygens (including phenoxy) is 1. The molecule has 0 aliphatic rings. The summed E-state index contributed by atoms with van der Waals surface area (Å²) >= 11 is 1.63. The molecule has 0 saturated heterocycles. The number of rotatable bonds is 4. The molecule has 3 nitrogen and oxygen atoms in total. The molecule has 0 fully saturated rings. The van der Waals surface area contributed by atoms with Crippen molar-refractivity contribution in [2.24, 2.45) is 0 Å². The third kappa shape index (κ3) is 3.32. The molecule has 0 aliphatic heterocycles. The minimum atomic E-state index is -0.742. The summed E-state index contributed by atoms with van der Waals surface area (Å²) in [6.07, 6.45) is -0.709. The van der Waals surface area contributed by atoms with Crippen molar-refractivity contribution in [1.82, 2.24) is 0 Å². The Morgan fingerprint density at radius 1 is 1.60 bits per heavy atom. The van der Waals surface area contributed by atoms with E-state index in [0.29, 0.717) is 6.61 Å². The van der Waals surface area contributed by atoms with Crippen LogP contribution in [0.4, 0.5) is 0 Å². The number of aliphatic hydroxyl groups is 1. The normalized spacial score (nSPS) is 12.5. The van der Waals surface area contributed by atoms with E-state index in [4.69, 9.17) is 4.74 Å². The van der Waals surface area contributed by atoms with Crippen LogP contribution in [0, 0.1) is 13.8 Å². The largest absolute Gasteiger partial charge is 0.466 e. The van der Waals surface area contributed by atoms with Crippen LogP contribution < -0.4 is 0 Å². The number of aryl methyl sites for hydroxylation is 2.